The van der Waals surface area contributed by atoms with E-state index in [9.17, 15) is 4.79 Å². The molecule has 0 saturated carbocycles. The van der Waals surface area contributed by atoms with Crippen molar-refractivity contribution in [3.05, 3.63) is 42.2 Å². The monoisotopic (exact) mass is 277 g/mol. The molecule has 0 aliphatic heterocycles. The Balaban J connectivity index is 2.17. The number of rotatable bonds is 5. The van der Waals surface area contributed by atoms with Crippen LogP contribution in [-0.4, -0.2) is 40.0 Å². The summed E-state index contributed by atoms with van der Waals surface area (Å²) in [6.07, 6.45) is 5.59. The lowest BCUT2D eigenvalue weighted by atomic mass is 10.2. The first-order valence-electron chi connectivity index (χ1n) is 5.83. The average Bonchev–Trinajstić information content (AvgIpc) is 2.93. The molecule has 0 atom stereocenters. The Bertz CT molecular complexity index is 551. The van der Waals surface area contributed by atoms with Crippen molar-refractivity contribution in [2.24, 2.45) is 0 Å². The summed E-state index contributed by atoms with van der Waals surface area (Å²) in [7, 11) is 0. The smallest absolute Gasteiger partial charge is 0.251 e. The molecule has 100 valence electrons. The molecule has 0 spiro atoms. The lowest BCUT2D eigenvalue weighted by Crippen LogP contribution is -2.26. The molecule has 2 rings (SSSR count). The minimum absolute atomic E-state index is 0.0596. The van der Waals surface area contributed by atoms with E-state index in [-0.39, 0.29) is 19.1 Å². The average molecular weight is 277 g/mol. The van der Waals surface area contributed by atoms with E-state index in [0.717, 1.165) is 10.8 Å². The van der Waals surface area contributed by atoms with Gasteiger partial charge in [0.1, 0.15) is 0 Å². The summed E-state index contributed by atoms with van der Waals surface area (Å²) < 4.78 is 1.96. The molecule has 6 heteroatoms. The zero-order valence-corrected chi connectivity index (χ0v) is 11.4. The van der Waals surface area contributed by atoms with Gasteiger partial charge in [-0.15, -0.1) is 0 Å². The third-order valence-electron chi connectivity index (χ3n) is 2.59. The Morgan fingerprint density at radius 1 is 1.42 bits per heavy atom. The van der Waals surface area contributed by atoms with Gasteiger partial charge in [0.05, 0.1) is 6.61 Å². The largest absolute Gasteiger partial charge is 0.395 e. The van der Waals surface area contributed by atoms with Crippen molar-refractivity contribution >= 4 is 17.7 Å². The van der Waals surface area contributed by atoms with Crippen molar-refractivity contribution in [1.82, 2.24) is 14.9 Å². The summed E-state index contributed by atoms with van der Waals surface area (Å²) in [6, 6.07) is 7.25. The Morgan fingerprint density at radius 2 is 2.16 bits per heavy atom. The molecule has 1 amide bonds. The van der Waals surface area contributed by atoms with Gasteiger partial charge in [0, 0.05) is 30.2 Å². The van der Waals surface area contributed by atoms with Crippen LogP contribution in [0.25, 0.3) is 5.69 Å². The molecule has 1 heterocycles. The molecule has 1 aromatic heterocycles. The van der Waals surface area contributed by atoms with Gasteiger partial charge >= 0.3 is 0 Å². The Hall–Kier alpha value is -1.79. The highest BCUT2D eigenvalue weighted by Gasteiger charge is 2.07. The van der Waals surface area contributed by atoms with Crippen LogP contribution in [-0.2, 0) is 0 Å². The minimum Gasteiger partial charge on any atom is -0.395 e. The maximum absolute atomic E-state index is 11.7. The fourth-order valence-corrected chi connectivity index (χ4v) is 2.21. The highest BCUT2D eigenvalue weighted by Crippen LogP contribution is 2.18. The van der Waals surface area contributed by atoms with Gasteiger partial charge in [-0.2, -0.15) is 0 Å². The van der Waals surface area contributed by atoms with Gasteiger partial charge in [-0.25, -0.2) is 4.98 Å². The van der Waals surface area contributed by atoms with Crippen LogP contribution in [0.15, 0.2) is 41.8 Å². The molecule has 0 bridgehead atoms. The van der Waals surface area contributed by atoms with Crippen LogP contribution >= 0.6 is 11.8 Å². The third-order valence-corrected chi connectivity index (χ3v) is 3.26. The molecule has 0 aliphatic rings. The Kier molecular flexibility index (Phi) is 4.59. The van der Waals surface area contributed by atoms with Crippen molar-refractivity contribution in [1.29, 1.82) is 0 Å². The predicted octanol–water partition coefficient (Wildman–Crippen LogP) is 1.32. The maximum atomic E-state index is 11.7. The molecule has 5 nitrogen and oxygen atoms in total. The van der Waals surface area contributed by atoms with E-state index in [1.165, 1.54) is 0 Å². The van der Waals surface area contributed by atoms with Gasteiger partial charge < -0.3 is 10.4 Å². The molecule has 0 aliphatic carbocycles. The van der Waals surface area contributed by atoms with E-state index in [4.69, 9.17) is 5.11 Å². The number of benzene rings is 1. The normalized spacial score (nSPS) is 10.4. The lowest BCUT2D eigenvalue weighted by molar-refractivity contribution is 0.0945. The zero-order chi connectivity index (χ0) is 13.7. The van der Waals surface area contributed by atoms with Crippen molar-refractivity contribution < 1.29 is 9.90 Å². The maximum Gasteiger partial charge on any atom is 0.251 e. The number of aliphatic hydroxyl groups excluding tert-OH is 1. The topological polar surface area (TPSA) is 67.2 Å². The van der Waals surface area contributed by atoms with Gasteiger partial charge in [0.25, 0.3) is 5.91 Å². The van der Waals surface area contributed by atoms with Gasteiger partial charge in [-0.1, -0.05) is 11.8 Å². The van der Waals surface area contributed by atoms with Crippen LogP contribution in [0.5, 0.6) is 0 Å². The van der Waals surface area contributed by atoms with Crippen LogP contribution in [0.3, 0.4) is 0 Å². The van der Waals surface area contributed by atoms with Gasteiger partial charge in [0.2, 0.25) is 0 Å². The van der Waals surface area contributed by atoms with Gasteiger partial charge in [-0.05, 0) is 30.5 Å². The number of aliphatic hydroxyl groups is 1. The van der Waals surface area contributed by atoms with E-state index in [2.05, 4.69) is 10.3 Å². The summed E-state index contributed by atoms with van der Waals surface area (Å²) in [4.78, 5) is 15.9. The Morgan fingerprint density at radius 3 is 2.79 bits per heavy atom. The van der Waals surface area contributed by atoms with Crippen molar-refractivity contribution in [3.8, 4) is 5.69 Å². The highest BCUT2D eigenvalue weighted by molar-refractivity contribution is 7.98. The molecule has 2 aromatic rings. The number of nitrogens with zero attached hydrogens (tertiary/aromatic N) is 2. The summed E-state index contributed by atoms with van der Waals surface area (Å²) >= 11 is 1.56. The van der Waals surface area contributed by atoms with E-state index in [1.807, 2.05) is 29.2 Å². The Labute approximate surface area is 115 Å². The van der Waals surface area contributed by atoms with Crippen LogP contribution in [0.4, 0.5) is 0 Å². The van der Waals surface area contributed by atoms with E-state index < -0.39 is 0 Å². The first-order chi connectivity index (χ1) is 9.26. The molecular weight excluding hydrogens is 262 g/mol. The number of amides is 1. The molecule has 1 aromatic carbocycles. The van der Waals surface area contributed by atoms with E-state index >= 15 is 0 Å². The SMILES string of the molecule is CSc1nccn1-c1ccc(C(=O)NCCO)cc1. The molecule has 19 heavy (non-hydrogen) atoms. The van der Waals surface area contributed by atoms with Crippen LogP contribution in [0, 0.1) is 0 Å². The number of hydrogen-bond acceptors (Lipinski definition) is 4. The number of imidazole rings is 1. The van der Waals surface area contributed by atoms with Crippen LogP contribution in [0.2, 0.25) is 0 Å². The number of carbonyl (C=O) groups excluding carboxylic acids is 1. The summed E-state index contributed by atoms with van der Waals surface area (Å²) in [5, 5.41) is 12.2. The summed E-state index contributed by atoms with van der Waals surface area (Å²) in [5.41, 5.74) is 1.53. The van der Waals surface area contributed by atoms with Gasteiger partial charge in [-0.3, -0.25) is 9.36 Å². The second kappa shape index (κ2) is 6.40. The lowest BCUT2D eigenvalue weighted by Gasteiger charge is -2.07. The second-order valence-corrected chi connectivity index (χ2v) is 4.58. The van der Waals surface area contributed by atoms with Crippen molar-refractivity contribution in [3.63, 3.8) is 0 Å². The fraction of sp³-hybridized carbons (Fsp3) is 0.231. The summed E-state index contributed by atoms with van der Waals surface area (Å²) in [5.74, 6) is -0.184. The zero-order valence-electron chi connectivity index (χ0n) is 10.5. The quantitative estimate of drug-likeness (QED) is 0.809. The molecule has 0 saturated heterocycles. The fourth-order valence-electron chi connectivity index (χ4n) is 1.68. The first-order valence-corrected chi connectivity index (χ1v) is 7.05. The minimum atomic E-state index is -0.184. The second-order valence-electron chi connectivity index (χ2n) is 3.81. The highest BCUT2D eigenvalue weighted by atomic mass is 32.2. The molecule has 0 unspecified atom stereocenters. The number of thioether (sulfide) groups is 1. The van der Waals surface area contributed by atoms with Gasteiger partial charge in [0.15, 0.2) is 5.16 Å². The van der Waals surface area contributed by atoms with E-state index in [1.54, 1.807) is 30.1 Å². The standard InChI is InChI=1S/C13H15N3O2S/c1-19-13-15-6-8-16(13)11-4-2-10(3-5-11)12(18)14-7-9-17/h2-6,8,17H,7,9H2,1H3,(H,14,18). The number of nitrogens with one attached hydrogen (secondary N) is 1. The third kappa shape index (κ3) is 3.15. The predicted molar refractivity (Wildman–Crippen MR) is 74.8 cm³/mol. The first kappa shape index (κ1) is 13.6. The molecule has 0 radical (unpaired) electrons. The van der Waals surface area contributed by atoms with Crippen LogP contribution in [0.1, 0.15) is 10.4 Å². The summed E-state index contributed by atoms with van der Waals surface area (Å²) in [6.45, 7) is 0.203. The van der Waals surface area contributed by atoms with Crippen molar-refractivity contribution in [2.45, 2.75) is 5.16 Å². The van der Waals surface area contributed by atoms with Crippen molar-refractivity contribution in [2.75, 3.05) is 19.4 Å². The number of aromatic nitrogens is 2. The molecule has 2 N–H and O–H groups in total. The molecule has 0 fully saturated rings. The number of hydrogen-bond donors (Lipinski definition) is 2. The number of carbonyl (C=O) groups is 1. The van der Waals surface area contributed by atoms with E-state index in [0.29, 0.717) is 5.56 Å². The molecular formula is C13H15N3O2S. The van der Waals surface area contributed by atoms with Crippen LogP contribution < -0.4 is 5.32 Å².